The number of hydrogen-bond donors (Lipinski definition) is 8. The minimum atomic E-state index is -1.53. The van der Waals surface area contributed by atoms with Crippen LogP contribution in [-0.4, -0.2) is 148 Å². The number of nitrogens with two attached hydrogens (primary N) is 1. The Morgan fingerprint density at radius 1 is 0.767 bits per heavy atom. The molecule has 0 spiro atoms. The molecular formula is C54H66N8O10S. The highest BCUT2D eigenvalue weighted by Gasteiger charge is 2.44. The number of aliphatic hydroxyl groups excluding tert-OH is 2. The normalized spacial score (nSPS) is 24.0. The fourth-order valence-electron chi connectivity index (χ4n) is 9.16. The molecule has 8 atom stereocenters. The van der Waals surface area contributed by atoms with Gasteiger partial charge in [0.25, 0.3) is 5.91 Å². The Morgan fingerprint density at radius 3 is 2.04 bits per heavy atom. The maximum absolute atomic E-state index is 14.2. The van der Waals surface area contributed by atoms with E-state index in [9.17, 15) is 43.8 Å². The number of hydrogen-bond acceptors (Lipinski definition) is 12. The number of carbonyl (C=O) groups excluding carboxylic acids is 7. The van der Waals surface area contributed by atoms with Gasteiger partial charge in [0, 0.05) is 48.3 Å². The summed E-state index contributed by atoms with van der Waals surface area (Å²) in [7, 11) is 0. The lowest BCUT2D eigenvalue weighted by atomic mass is 9.99. The average molecular weight is 1020 g/mol. The number of nitrogens with one attached hydrogen (secondary N) is 5. The molecule has 0 bridgehead atoms. The molecular weight excluding hydrogens is 953 g/mol. The predicted octanol–water partition coefficient (Wildman–Crippen LogP) is 2.75. The highest BCUT2D eigenvalue weighted by Crippen LogP contribution is 2.28. The third kappa shape index (κ3) is 14.5. The van der Waals surface area contributed by atoms with Crippen LogP contribution in [0.5, 0.6) is 5.75 Å². The second-order valence-corrected chi connectivity index (χ2v) is 19.9. The fraction of sp³-hybridized carbons (Fsp3) is 0.426. The van der Waals surface area contributed by atoms with Crippen LogP contribution in [0, 0.1) is 0 Å². The number of nitrogens with zero attached hydrogens (tertiary/aromatic N) is 2. The van der Waals surface area contributed by atoms with Gasteiger partial charge in [0.2, 0.25) is 35.4 Å². The summed E-state index contributed by atoms with van der Waals surface area (Å²) in [6, 6.07) is 25.1. The summed E-state index contributed by atoms with van der Waals surface area (Å²) in [5.41, 5.74) is 10.4. The summed E-state index contributed by atoms with van der Waals surface area (Å²) in [6.07, 6.45) is 0.879. The fourth-order valence-corrected chi connectivity index (χ4v) is 10.1. The Balaban J connectivity index is 1.06. The standard InChI is InChI=1S/C54H66N8O10S/c1-3-4-8-26-72-41-23-21-37(22-24-41)35-15-13-34(14-16-35)36-17-19-38(20-18-36)49(66)58-43-12-9-25-56-52(69)45-27-39(55)30-62(45)54(71)48(33(2)63)60-51(68)44(32-73-42-10-6-5-7-11-42)59-53(70)46-28-40(64)31-61(46)47(65)29-57-50(43)67/h5-7,10-11,13-24,33,39-40,43-46,48,63-64H,3-4,8-9,12,25-32,55H2,1-2H3,(H,56,69)(H,57,67)(H,58,66)(H,59,70)(H,60,68). The molecule has 8 unspecified atom stereocenters. The van der Waals surface area contributed by atoms with Crippen molar-refractivity contribution in [3.63, 3.8) is 0 Å². The lowest BCUT2D eigenvalue weighted by molar-refractivity contribution is -0.144. The van der Waals surface area contributed by atoms with Gasteiger partial charge in [-0.05, 0) is 91.3 Å². The van der Waals surface area contributed by atoms with Crippen LogP contribution < -0.4 is 37.1 Å². The zero-order valence-electron chi connectivity index (χ0n) is 41.2. The van der Waals surface area contributed by atoms with Crippen LogP contribution in [0.25, 0.3) is 22.3 Å². The smallest absolute Gasteiger partial charge is 0.251 e. The molecule has 4 aromatic rings. The molecule has 3 fully saturated rings. The van der Waals surface area contributed by atoms with Crippen LogP contribution >= 0.6 is 11.8 Å². The number of aliphatic hydroxyl groups is 2. The lowest BCUT2D eigenvalue weighted by Gasteiger charge is -2.31. The van der Waals surface area contributed by atoms with Gasteiger partial charge in [-0.3, -0.25) is 33.6 Å². The summed E-state index contributed by atoms with van der Waals surface area (Å²) >= 11 is 1.24. The molecule has 4 aromatic carbocycles. The van der Waals surface area contributed by atoms with E-state index < -0.39 is 96.4 Å². The van der Waals surface area contributed by atoms with Gasteiger partial charge in [-0.15, -0.1) is 11.8 Å². The van der Waals surface area contributed by atoms with Gasteiger partial charge in [0.15, 0.2) is 0 Å². The van der Waals surface area contributed by atoms with Gasteiger partial charge in [0.1, 0.15) is 36.0 Å². The zero-order valence-corrected chi connectivity index (χ0v) is 42.0. The van der Waals surface area contributed by atoms with E-state index >= 15 is 0 Å². The van der Waals surface area contributed by atoms with Crippen LogP contribution in [0.2, 0.25) is 0 Å². The van der Waals surface area contributed by atoms with Crippen molar-refractivity contribution in [2.45, 2.75) is 112 Å². The summed E-state index contributed by atoms with van der Waals surface area (Å²) in [5, 5.41) is 35.0. The number of fused-ring (bicyclic) bond motifs is 2. The summed E-state index contributed by atoms with van der Waals surface area (Å²) < 4.78 is 5.86. The second-order valence-electron chi connectivity index (χ2n) is 18.8. The van der Waals surface area contributed by atoms with Crippen LogP contribution in [-0.2, 0) is 28.8 Å². The summed E-state index contributed by atoms with van der Waals surface area (Å²) in [4.78, 5) is 101. The van der Waals surface area contributed by atoms with Crippen molar-refractivity contribution in [2.24, 2.45) is 5.73 Å². The molecule has 3 aliphatic rings. The summed E-state index contributed by atoms with van der Waals surface area (Å²) in [5.74, 6) is -4.05. The number of amides is 7. The van der Waals surface area contributed by atoms with Gasteiger partial charge >= 0.3 is 0 Å². The van der Waals surface area contributed by atoms with Crippen molar-refractivity contribution in [1.29, 1.82) is 0 Å². The van der Waals surface area contributed by atoms with Crippen molar-refractivity contribution in [2.75, 3.05) is 38.5 Å². The van der Waals surface area contributed by atoms with E-state index in [2.05, 4.69) is 33.5 Å². The molecule has 0 radical (unpaired) electrons. The Labute approximate surface area is 429 Å². The first kappa shape index (κ1) is 54.0. The van der Waals surface area contributed by atoms with E-state index in [-0.39, 0.29) is 56.6 Å². The Morgan fingerprint density at radius 2 is 1.40 bits per heavy atom. The molecule has 73 heavy (non-hydrogen) atoms. The molecule has 3 saturated heterocycles. The number of thioether (sulfide) groups is 1. The molecule has 0 saturated carbocycles. The van der Waals surface area contributed by atoms with Crippen LogP contribution in [0.15, 0.2) is 108 Å². The van der Waals surface area contributed by atoms with Crippen molar-refractivity contribution in [1.82, 2.24) is 36.4 Å². The highest BCUT2D eigenvalue weighted by molar-refractivity contribution is 7.99. The largest absolute Gasteiger partial charge is 0.494 e. The molecule has 0 aromatic heterocycles. The van der Waals surface area contributed by atoms with E-state index in [0.29, 0.717) is 6.61 Å². The van der Waals surface area contributed by atoms with E-state index in [0.717, 1.165) is 57.1 Å². The summed E-state index contributed by atoms with van der Waals surface area (Å²) in [6.45, 7) is 3.32. The van der Waals surface area contributed by atoms with Gasteiger partial charge in [-0.1, -0.05) is 86.5 Å². The molecule has 18 nitrogen and oxygen atoms in total. The van der Waals surface area contributed by atoms with Crippen LogP contribution in [0.3, 0.4) is 0 Å². The molecule has 7 rings (SSSR count). The van der Waals surface area contributed by atoms with Crippen molar-refractivity contribution < 1.29 is 48.5 Å². The Bertz CT molecular complexity index is 2550. The number of benzene rings is 4. The molecule has 9 N–H and O–H groups in total. The zero-order chi connectivity index (χ0) is 52.0. The lowest BCUT2D eigenvalue weighted by Crippen LogP contribution is -2.61. The number of unbranched alkanes of at least 4 members (excludes halogenated alkanes) is 2. The SMILES string of the molecule is CCCCCOc1ccc(-c2ccc(-c3ccc(C(=O)NC4CCCNC(=O)C5CC(N)CN5C(=O)C(C(C)O)NC(=O)C(CSc5ccccc5)NC(=O)C5CC(O)CN5C(=O)CNC4=O)cc3)cc2)cc1. The second kappa shape index (κ2) is 25.7. The maximum atomic E-state index is 14.2. The van der Waals surface area contributed by atoms with Crippen LogP contribution in [0.1, 0.15) is 69.2 Å². The third-order valence-electron chi connectivity index (χ3n) is 13.2. The number of rotatable bonds is 13. The van der Waals surface area contributed by atoms with Gasteiger partial charge in [-0.25, -0.2) is 0 Å². The van der Waals surface area contributed by atoms with Gasteiger partial charge in [0.05, 0.1) is 25.4 Å². The molecule has 0 aliphatic carbocycles. The number of ether oxygens (including phenoxy) is 1. The first-order chi connectivity index (χ1) is 35.2. The molecule has 7 amide bonds. The molecule has 19 heteroatoms. The minimum absolute atomic E-state index is 0.0178. The minimum Gasteiger partial charge on any atom is -0.494 e. The van der Waals surface area contributed by atoms with E-state index in [1.54, 1.807) is 36.4 Å². The van der Waals surface area contributed by atoms with E-state index in [1.807, 2.05) is 66.7 Å². The maximum Gasteiger partial charge on any atom is 0.251 e. The van der Waals surface area contributed by atoms with Gasteiger partial charge in [-0.2, -0.15) is 0 Å². The quantitative estimate of drug-likeness (QED) is 0.0711. The van der Waals surface area contributed by atoms with Gasteiger partial charge < -0.3 is 57.1 Å². The topological polar surface area (TPSA) is 262 Å². The van der Waals surface area contributed by atoms with Crippen molar-refractivity contribution in [3.05, 3.63) is 109 Å². The first-order valence-electron chi connectivity index (χ1n) is 25.0. The molecule has 3 aliphatic heterocycles. The Kier molecular flexibility index (Phi) is 19.0. The average Bonchev–Trinajstić information content (AvgIpc) is 4.00. The number of carbonyl (C=O) groups is 7. The van der Waals surface area contributed by atoms with E-state index in [4.69, 9.17) is 10.5 Å². The highest BCUT2D eigenvalue weighted by atomic mass is 32.2. The third-order valence-corrected chi connectivity index (χ3v) is 14.3. The van der Waals surface area contributed by atoms with Crippen molar-refractivity contribution in [3.8, 4) is 28.0 Å². The monoisotopic (exact) mass is 1020 g/mol. The van der Waals surface area contributed by atoms with Crippen LogP contribution in [0.4, 0.5) is 0 Å². The van der Waals surface area contributed by atoms with Crippen molar-refractivity contribution >= 4 is 53.1 Å². The molecule has 3 heterocycles. The predicted molar refractivity (Wildman–Crippen MR) is 276 cm³/mol. The molecule has 388 valence electrons. The Hall–Kier alpha value is -6.80. The first-order valence-corrected chi connectivity index (χ1v) is 26.0. The van der Waals surface area contributed by atoms with E-state index in [1.165, 1.54) is 23.6 Å².